The van der Waals surface area contributed by atoms with Crippen molar-refractivity contribution >= 4 is 32.6 Å². The molecule has 1 aromatic carbocycles. The lowest BCUT2D eigenvalue weighted by Crippen LogP contribution is -2.20. The number of rotatable bonds is 4. The number of anilines is 1. The number of nitrogens with zero attached hydrogens (tertiary/aromatic N) is 2. The lowest BCUT2D eigenvalue weighted by Gasteiger charge is -2.06. The highest BCUT2D eigenvalue weighted by Gasteiger charge is 2.18. The SMILES string of the molecule is COc1cc2nc(NS(C)(=O)=O)c(=O)[nH]c2cc1[N+](=O)[O-]. The molecule has 0 aliphatic carbocycles. The molecular weight excluding hydrogens is 304 g/mol. The van der Waals surface area contributed by atoms with Gasteiger partial charge in [0.25, 0.3) is 5.56 Å². The zero-order valence-electron chi connectivity index (χ0n) is 10.9. The summed E-state index contributed by atoms with van der Waals surface area (Å²) in [6.07, 6.45) is 0.870. The molecule has 0 aliphatic heterocycles. The Morgan fingerprint density at radius 2 is 2.10 bits per heavy atom. The van der Waals surface area contributed by atoms with E-state index in [0.717, 1.165) is 12.3 Å². The van der Waals surface area contributed by atoms with Crippen LogP contribution in [0.5, 0.6) is 5.75 Å². The molecule has 11 heteroatoms. The maximum absolute atomic E-state index is 11.7. The Labute approximate surface area is 118 Å². The minimum atomic E-state index is -3.68. The molecule has 0 saturated heterocycles. The summed E-state index contributed by atoms with van der Waals surface area (Å²) in [5, 5.41) is 10.9. The van der Waals surface area contributed by atoms with Crippen molar-refractivity contribution in [2.75, 3.05) is 18.1 Å². The van der Waals surface area contributed by atoms with Gasteiger partial charge in [-0.3, -0.25) is 19.6 Å². The molecule has 0 fully saturated rings. The van der Waals surface area contributed by atoms with Gasteiger partial charge in [-0.05, 0) is 0 Å². The average Bonchev–Trinajstić information content (AvgIpc) is 2.36. The van der Waals surface area contributed by atoms with Gasteiger partial charge in [-0.1, -0.05) is 0 Å². The molecule has 2 rings (SSSR count). The van der Waals surface area contributed by atoms with Crippen molar-refractivity contribution in [2.24, 2.45) is 0 Å². The third-order valence-electron chi connectivity index (χ3n) is 2.47. The second-order valence-electron chi connectivity index (χ2n) is 4.09. The second-order valence-corrected chi connectivity index (χ2v) is 5.84. The molecule has 2 aromatic rings. The summed E-state index contributed by atoms with van der Waals surface area (Å²) < 4.78 is 29.1. The number of nitrogens with one attached hydrogen (secondary N) is 2. The monoisotopic (exact) mass is 314 g/mol. The third kappa shape index (κ3) is 3.08. The van der Waals surface area contributed by atoms with Crippen molar-refractivity contribution in [3.8, 4) is 5.75 Å². The van der Waals surface area contributed by atoms with E-state index in [4.69, 9.17) is 4.74 Å². The Balaban J connectivity index is 2.71. The molecular formula is C10H10N4O6S. The largest absolute Gasteiger partial charge is 0.490 e. The average molecular weight is 314 g/mol. The van der Waals surface area contributed by atoms with Crippen LogP contribution in [0.15, 0.2) is 16.9 Å². The quantitative estimate of drug-likeness (QED) is 0.606. The van der Waals surface area contributed by atoms with Gasteiger partial charge in [-0.15, -0.1) is 0 Å². The fraction of sp³-hybridized carbons (Fsp3) is 0.200. The summed E-state index contributed by atoms with van der Waals surface area (Å²) in [4.78, 5) is 28.1. The summed E-state index contributed by atoms with van der Waals surface area (Å²) in [6.45, 7) is 0. The molecule has 0 atom stereocenters. The normalized spacial score (nSPS) is 11.3. The summed E-state index contributed by atoms with van der Waals surface area (Å²) in [7, 11) is -2.43. The summed E-state index contributed by atoms with van der Waals surface area (Å²) in [5.74, 6) is -0.488. The van der Waals surface area contributed by atoms with Gasteiger partial charge in [0, 0.05) is 12.1 Å². The van der Waals surface area contributed by atoms with Crippen LogP contribution in [0.25, 0.3) is 11.0 Å². The van der Waals surface area contributed by atoms with Crippen molar-refractivity contribution in [1.82, 2.24) is 9.97 Å². The van der Waals surface area contributed by atoms with E-state index in [1.165, 1.54) is 13.2 Å². The molecule has 0 saturated carbocycles. The van der Waals surface area contributed by atoms with Gasteiger partial charge >= 0.3 is 5.69 Å². The number of hydrogen-bond acceptors (Lipinski definition) is 7. The van der Waals surface area contributed by atoms with Crippen molar-refractivity contribution in [3.05, 3.63) is 32.6 Å². The van der Waals surface area contributed by atoms with E-state index in [2.05, 4.69) is 9.97 Å². The zero-order chi connectivity index (χ0) is 15.8. The number of nitro groups is 1. The second kappa shape index (κ2) is 5.01. The van der Waals surface area contributed by atoms with E-state index >= 15 is 0 Å². The van der Waals surface area contributed by atoms with Crippen LogP contribution in [0.3, 0.4) is 0 Å². The summed E-state index contributed by atoms with van der Waals surface area (Å²) in [5.41, 5.74) is -0.923. The van der Waals surface area contributed by atoms with E-state index < -0.39 is 26.3 Å². The number of benzene rings is 1. The maximum Gasteiger partial charge on any atom is 0.313 e. The number of fused-ring (bicyclic) bond motifs is 1. The maximum atomic E-state index is 11.7. The molecule has 0 amide bonds. The first-order valence-electron chi connectivity index (χ1n) is 5.45. The Bertz CT molecular complexity index is 888. The standard InChI is InChI=1S/C10H10N4O6S/c1-20-8-4-6-5(3-7(8)14(16)17)12-10(15)9(11-6)13-21(2,18)19/h3-4H,1-2H3,(H,11,13)(H,12,15). The van der Waals surface area contributed by atoms with Crippen LogP contribution in [-0.2, 0) is 10.0 Å². The number of sulfonamides is 1. The summed E-state index contributed by atoms with van der Waals surface area (Å²) in [6, 6.07) is 2.32. The molecule has 0 unspecified atom stereocenters. The van der Waals surface area contributed by atoms with Gasteiger partial charge < -0.3 is 9.72 Å². The van der Waals surface area contributed by atoms with Crippen LogP contribution in [0.1, 0.15) is 0 Å². The lowest BCUT2D eigenvalue weighted by atomic mass is 10.2. The van der Waals surface area contributed by atoms with Crippen LogP contribution >= 0.6 is 0 Å². The van der Waals surface area contributed by atoms with Crippen LogP contribution < -0.4 is 15.0 Å². The van der Waals surface area contributed by atoms with Crippen LogP contribution in [0, 0.1) is 10.1 Å². The van der Waals surface area contributed by atoms with E-state index in [0.29, 0.717) is 0 Å². The smallest absolute Gasteiger partial charge is 0.313 e. The van der Waals surface area contributed by atoms with E-state index in [1.54, 1.807) is 0 Å². The molecule has 1 heterocycles. The Morgan fingerprint density at radius 1 is 1.43 bits per heavy atom. The number of H-pyrrole nitrogens is 1. The molecule has 10 nitrogen and oxygen atoms in total. The molecule has 0 aliphatic rings. The highest BCUT2D eigenvalue weighted by atomic mass is 32.2. The predicted molar refractivity (Wildman–Crippen MR) is 74.0 cm³/mol. The van der Waals surface area contributed by atoms with Crippen molar-refractivity contribution in [2.45, 2.75) is 0 Å². The van der Waals surface area contributed by atoms with Crippen molar-refractivity contribution in [1.29, 1.82) is 0 Å². The molecule has 0 bridgehead atoms. The minimum absolute atomic E-state index is 0.0580. The molecule has 0 radical (unpaired) electrons. The number of hydrogen-bond donors (Lipinski definition) is 2. The third-order valence-corrected chi connectivity index (χ3v) is 3.04. The number of nitro benzene ring substituents is 1. The molecule has 0 spiro atoms. The molecule has 21 heavy (non-hydrogen) atoms. The topological polar surface area (TPSA) is 144 Å². The van der Waals surface area contributed by atoms with Crippen LogP contribution in [-0.4, -0.2) is 36.7 Å². The molecule has 2 N–H and O–H groups in total. The first-order valence-corrected chi connectivity index (χ1v) is 7.34. The Hall–Kier alpha value is -2.69. The number of methoxy groups -OCH3 is 1. The molecule has 1 aromatic heterocycles. The summed E-state index contributed by atoms with van der Waals surface area (Å²) >= 11 is 0. The van der Waals surface area contributed by atoms with E-state index in [9.17, 15) is 23.3 Å². The lowest BCUT2D eigenvalue weighted by molar-refractivity contribution is -0.385. The number of aromatic nitrogens is 2. The highest BCUT2D eigenvalue weighted by Crippen LogP contribution is 2.30. The first-order chi connectivity index (χ1) is 9.71. The van der Waals surface area contributed by atoms with Gasteiger partial charge in [0.05, 0.1) is 29.3 Å². The van der Waals surface area contributed by atoms with Gasteiger partial charge in [-0.2, -0.15) is 0 Å². The highest BCUT2D eigenvalue weighted by molar-refractivity contribution is 7.92. The van der Waals surface area contributed by atoms with Crippen LogP contribution in [0.4, 0.5) is 11.5 Å². The number of ether oxygens (including phenoxy) is 1. The van der Waals surface area contributed by atoms with Gasteiger partial charge in [-0.25, -0.2) is 13.4 Å². The van der Waals surface area contributed by atoms with Crippen molar-refractivity contribution < 1.29 is 18.1 Å². The molecule has 112 valence electrons. The van der Waals surface area contributed by atoms with Gasteiger partial charge in [0.2, 0.25) is 15.8 Å². The Kier molecular flexibility index (Phi) is 3.51. The fourth-order valence-electron chi connectivity index (χ4n) is 1.65. The van der Waals surface area contributed by atoms with Crippen molar-refractivity contribution in [3.63, 3.8) is 0 Å². The zero-order valence-corrected chi connectivity index (χ0v) is 11.7. The fourth-order valence-corrected chi connectivity index (χ4v) is 2.14. The number of aromatic amines is 1. The van der Waals surface area contributed by atoms with E-state index in [-0.39, 0.29) is 22.5 Å². The van der Waals surface area contributed by atoms with Gasteiger partial charge in [0.1, 0.15) is 0 Å². The van der Waals surface area contributed by atoms with E-state index in [1.807, 2.05) is 4.72 Å². The van der Waals surface area contributed by atoms with Crippen LogP contribution in [0.2, 0.25) is 0 Å². The minimum Gasteiger partial charge on any atom is -0.490 e. The predicted octanol–water partition coefficient (Wildman–Crippen LogP) is 0.211. The Morgan fingerprint density at radius 3 is 2.62 bits per heavy atom. The van der Waals surface area contributed by atoms with Gasteiger partial charge in [0.15, 0.2) is 5.75 Å². The first kappa shape index (κ1) is 14.7.